The molecule has 0 heterocycles. The summed E-state index contributed by atoms with van der Waals surface area (Å²) < 4.78 is 38.9. The highest BCUT2D eigenvalue weighted by molar-refractivity contribution is 5.89. The highest BCUT2D eigenvalue weighted by Gasteiger charge is 2.73. The SMILES string of the molecule is C=C(C)C(=O)OC12CC3(O)CC(O)(CC(O)(C3)C1)C2.C=C(C)C(=O)OC12CC3CC(C)(CC(O)(C3)C1)C2.C=C(C)C(=O)OC12CC3CC(CC(O)(C3)C1)C2.C=C(C)C(=O)OC12CC3CC(O)(CC(O)(C3)C1)C2.C=CC(=O)OC12CC3(O)CC(O)(CC(O)(C3)C1)C2.C=CC(=O)OC12CC3CC(CC(O)(C3)C1)C2.C=CC(=O)OC12CC3CC(O)(CC(O)(C3)C1)C2. The molecular weight excluding hydrogens is 1590 g/mol. The summed E-state index contributed by atoms with van der Waals surface area (Å²) in [5, 5.41) is 136. The van der Waals surface area contributed by atoms with Gasteiger partial charge in [-0.3, -0.25) is 0 Å². The van der Waals surface area contributed by atoms with E-state index in [4.69, 9.17) is 33.2 Å². The summed E-state index contributed by atoms with van der Waals surface area (Å²) in [7, 11) is 0. The van der Waals surface area contributed by atoms with E-state index in [-0.39, 0.29) is 123 Å². The van der Waals surface area contributed by atoms with Gasteiger partial charge in [0.15, 0.2) is 0 Å². The Balaban J connectivity index is 0.000000111. The van der Waals surface area contributed by atoms with Crippen molar-refractivity contribution in [3.8, 4) is 0 Å². The minimum Gasteiger partial charge on any atom is -0.456 e. The van der Waals surface area contributed by atoms with Gasteiger partial charge in [0.05, 0.1) is 72.8 Å². The second-order valence-corrected chi connectivity index (χ2v) is 46.6. The molecule has 0 aliphatic heterocycles. The molecule has 12 unspecified atom stereocenters. The minimum absolute atomic E-state index is 0.142. The largest absolute Gasteiger partial charge is 0.456 e. The second-order valence-electron chi connectivity index (χ2n) is 46.6. The maximum atomic E-state index is 11.8. The number of carbonyl (C=O) groups excluding carboxylic acids is 7. The Morgan fingerprint density at radius 3 is 0.675 bits per heavy atom. The van der Waals surface area contributed by atoms with Crippen LogP contribution in [0.3, 0.4) is 0 Å². The van der Waals surface area contributed by atoms with E-state index >= 15 is 0 Å². The molecule has 0 radical (unpaired) electrons. The van der Waals surface area contributed by atoms with Crippen LogP contribution in [0.1, 0.15) is 304 Å². The molecule has 0 aromatic heterocycles. The Morgan fingerprint density at radius 1 is 0.228 bits per heavy atom. The lowest BCUT2D eigenvalue weighted by molar-refractivity contribution is -0.301. The Hall–Kier alpha value is -6.05. The van der Waals surface area contributed by atoms with Gasteiger partial charge >= 0.3 is 41.8 Å². The molecule has 682 valence electrons. The smallest absolute Gasteiger partial charge is 0.333 e. The van der Waals surface area contributed by atoms with E-state index in [2.05, 4.69) is 53.0 Å². The molecule has 28 aliphatic carbocycles. The fourth-order valence-corrected chi connectivity index (χ4v) is 33.0. The molecule has 28 rings (SSSR count). The molecule has 28 fully saturated rings. The van der Waals surface area contributed by atoms with Gasteiger partial charge in [0.1, 0.15) is 39.2 Å². The van der Waals surface area contributed by atoms with Gasteiger partial charge in [0.2, 0.25) is 0 Å². The lowest BCUT2D eigenvalue weighted by Crippen LogP contribution is -2.72. The molecule has 0 saturated heterocycles. The zero-order valence-corrected chi connectivity index (χ0v) is 73.0. The van der Waals surface area contributed by atoms with Crippen molar-refractivity contribution in [2.45, 2.75) is 416 Å². The zero-order valence-electron chi connectivity index (χ0n) is 73.0. The maximum absolute atomic E-state index is 11.8. The van der Waals surface area contributed by atoms with E-state index in [1.807, 2.05) is 0 Å². The lowest BCUT2D eigenvalue weighted by atomic mass is 9.47. The number of hydrogen-bond acceptors (Lipinski definition) is 27. The molecule has 28 bridgehead atoms. The van der Waals surface area contributed by atoms with E-state index in [0.717, 1.165) is 128 Å². The zero-order chi connectivity index (χ0) is 89.7. The van der Waals surface area contributed by atoms with Crippen LogP contribution in [-0.2, 0) is 66.7 Å². The number of hydrogen-bond donors (Lipinski definition) is 13. The van der Waals surface area contributed by atoms with Crippen LogP contribution in [0, 0.1) is 46.8 Å². The Kier molecular flexibility index (Phi) is 22.4. The third-order valence-corrected chi connectivity index (χ3v) is 32.1. The van der Waals surface area contributed by atoms with Crippen molar-refractivity contribution in [3.05, 3.63) is 86.6 Å². The highest BCUT2D eigenvalue weighted by atomic mass is 16.6. The summed E-state index contributed by atoms with van der Waals surface area (Å²) in [6.45, 7) is 33.4. The first-order valence-electron chi connectivity index (χ1n) is 45.0. The van der Waals surface area contributed by atoms with Gasteiger partial charge in [0, 0.05) is 175 Å². The molecule has 12 atom stereocenters. The molecule has 0 amide bonds. The van der Waals surface area contributed by atoms with E-state index in [0.29, 0.717) is 104 Å². The van der Waals surface area contributed by atoms with Crippen LogP contribution in [0.2, 0.25) is 0 Å². The average molecular weight is 1720 g/mol. The third-order valence-electron chi connectivity index (χ3n) is 32.1. The normalized spacial score (nSPS) is 50.0. The van der Waals surface area contributed by atoms with Crippen molar-refractivity contribution in [2.24, 2.45) is 46.8 Å². The molecule has 0 aromatic rings. The second kappa shape index (κ2) is 30.0. The summed E-state index contributed by atoms with van der Waals surface area (Å²) in [6.07, 6.45) is 30.0. The molecule has 13 N–H and O–H groups in total. The predicted molar refractivity (Wildman–Crippen MR) is 442 cm³/mol. The molecule has 27 heteroatoms. The summed E-state index contributed by atoms with van der Waals surface area (Å²) >= 11 is 0. The van der Waals surface area contributed by atoms with Crippen LogP contribution in [0.5, 0.6) is 0 Å². The van der Waals surface area contributed by atoms with Gasteiger partial charge in [0.25, 0.3) is 0 Å². The number of aliphatic hydroxyl groups is 13. The van der Waals surface area contributed by atoms with Crippen LogP contribution in [0.4, 0.5) is 0 Å². The van der Waals surface area contributed by atoms with E-state index in [1.165, 1.54) is 25.3 Å². The Labute approximate surface area is 721 Å². The van der Waals surface area contributed by atoms with Gasteiger partial charge < -0.3 is 99.5 Å². The van der Waals surface area contributed by atoms with Crippen LogP contribution >= 0.6 is 0 Å². The van der Waals surface area contributed by atoms with Crippen molar-refractivity contribution < 1.29 is 133 Å². The topological polar surface area (TPSA) is 447 Å². The average Bonchev–Trinajstić information content (AvgIpc) is 0.695. The molecule has 27 nitrogen and oxygen atoms in total. The van der Waals surface area contributed by atoms with Gasteiger partial charge in [-0.2, -0.15) is 0 Å². The van der Waals surface area contributed by atoms with Crippen LogP contribution < -0.4 is 0 Å². The fraction of sp³-hybridized carbons (Fsp3) is 0.781. The number of esters is 7. The van der Waals surface area contributed by atoms with Crippen molar-refractivity contribution in [1.29, 1.82) is 0 Å². The molecule has 123 heavy (non-hydrogen) atoms. The van der Waals surface area contributed by atoms with Crippen LogP contribution in [0.15, 0.2) is 86.6 Å². The minimum atomic E-state index is -1.15. The van der Waals surface area contributed by atoms with E-state index in [9.17, 15) is 99.9 Å². The monoisotopic (exact) mass is 1720 g/mol. The van der Waals surface area contributed by atoms with Gasteiger partial charge in [-0.1, -0.05) is 53.0 Å². The molecule has 0 spiro atoms. The van der Waals surface area contributed by atoms with Gasteiger partial charge in [-0.25, -0.2) is 33.6 Å². The number of carbonyl (C=O) groups is 7. The number of ether oxygens (including phenoxy) is 7. The summed E-state index contributed by atoms with van der Waals surface area (Å²) in [6, 6.07) is 0. The first-order valence-corrected chi connectivity index (χ1v) is 45.0. The summed E-state index contributed by atoms with van der Waals surface area (Å²) in [4.78, 5) is 81.3. The van der Waals surface area contributed by atoms with Crippen molar-refractivity contribution in [2.75, 3.05) is 0 Å². The predicted octanol–water partition coefficient (Wildman–Crippen LogP) is 9.24. The molecule has 28 aliphatic rings. The lowest BCUT2D eigenvalue weighted by Gasteiger charge is -2.65. The van der Waals surface area contributed by atoms with Gasteiger partial charge in [-0.15, -0.1) is 0 Å². The van der Waals surface area contributed by atoms with Crippen LogP contribution in [0.25, 0.3) is 0 Å². The molecule has 0 aromatic carbocycles. The quantitative estimate of drug-likeness (QED) is 0.0437. The summed E-state index contributed by atoms with van der Waals surface area (Å²) in [5.74, 6) is 0.285. The number of rotatable bonds is 14. The fourth-order valence-electron chi connectivity index (χ4n) is 33.0. The third kappa shape index (κ3) is 18.9. The van der Waals surface area contributed by atoms with Crippen molar-refractivity contribution in [3.63, 3.8) is 0 Å². The van der Waals surface area contributed by atoms with Crippen LogP contribution in [-0.4, -0.2) is 220 Å². The van der Waals surface area contributed by atoms with E-state index < -0.39 is 130 Å². The Morgan fingerprint density at radius 2 is 0.415 bits per heavy atom. The standard InChI is InChI=1S/C15H22O3.C14H20O5.C14H20O4.C14H20O3.C13H18O5.C13H18O4.C13H18O3/c1-10(2)12(16)18-15-6-11-4-13(3,8-15)7-14(17,5-11)9-15;1-9(2)10(15)19-14-6-11(16)3-12(17,7-14)5-13(18,4-11)8-14;1-9(2)11(15)18-14-5-10-3-12(16,7-14)6-13(17,4-10)8-14;1-9(2)12(15)17-14-6-10-3-11(7-14)5-13(16,4-10)8-14;1-2-9(14)18-13-6-10(15)3-11(16,7-13)5-12(17,4-10)8-13;1-2-10(14)17-13-5-9-3-11(15,7-13)6-12(16,4-9)8-13;1-2-11(14)16-13-6-9-3-10(7-13)5-12(15,4-9)8-13/h11,17H,1,4-9H2,2-3H3;16-18H,1,3-8H2,2H3;10,16-17H,1,3-8H2,2H3;10-11,16H,1,3-8H2,2H3;2,15-17H,1,3-8H2;2,9,15-16H,1,3-8H2;2,9-10,15H,1,3-8H2. The van der Waals surface area contributed by atoms with Crippen molar-refractivity contribution >= 4 is 41.8 Å². The first-order chi connectivity index (χ1) is 56.5. The summed E-state index contributed by atoms with van der Waals surface area (Å²) in [5.41, 5.74) is -14.8. The Bertz CT molecular complexity index is 4120. The van der Waals surface area contributed by atoms with E-state index in [1.54, 1.807) is 27.7 Å². The first kappa shape index (κ1) is 91.7. The molecule has 28 saturated carbocycles. The maximum Gasteiger partial charge on any atom is 0.333 e. The van der Waals surface area contributed by atoms with Gasteiger partial charge in [-0.05, 0) is 209 Å². The molecular formula is C96H136O27. The highest BCUT2D eigenvalue weighted by Crippen LogP contribution is 2.69. The van der Waals surface area contributed by atoms with Crippen molar-refractivity contribution in [1.82, 2.24) is 0 Å².